The van der Waals surface area contributed by atoms with E-state index >= 15 is 0 Å². The van der Waals surface area contributed by atoms with Gasteiger partial charge in [-0.25, -0.2) is 0 Å². The number of ether oxygens (including phenoxy) is 4. The Kier molecular flexibility index (Phi) is 34.2. The van der Waals surface area contributed by atoms with Gasteiger partial charge in [-0.15, -0.1) is 0 Å². The molecule has 1 fully saturated rings. The number of aliphatic hydroxyl groups excluding tert-OH is 4. The fourth-order valence-electron chi connectivity index (χ4n) is 6.05. The Labute approximate surface area is 344 Å². The van der Waals surface area contributed by atoms with E-state index in [1.165, 1.54) is 64.2 Å². The molecule has 10 heteroatoms. The third kappa shape index (κ3) is 29.1. The molecule has 1 saturated heterocycles. The molecule has 1 aliphatic rings. The molecule has 1 aliphatic heterocycles. The van der Waals surface area contributed by atoms with Gasteiger partial charge in [-0.1, -0.05) is 138 Å². The van der Waals surface area contributed by atoms with Crippen LogP contribution in [0.3, 0.4) is 0 Å². The van der Waals surface area contributed by atoms with Crippen LogP contribution in [0.2, 0.25) is 0 Å². The van der Waals surface area contributed by atoms with Gasteiger partial charge in [-0.2, -0.15) is 0 Å². The number of esters is 2. The van der Waals surface area contributed by atoms with E-state index in [2.05, 4.69) is 74.6 Å². The number of carbonyl (C=O) groups excluding carboxylic acids is 2. The van der Waals surface area contributed by atoms with Crippen molar-refractivity contribution in [2.24, 2.45) is 0 Å². The summed E-state index contributed by atoms with van der Waals surface area (Å²) >= 11 is 0. The van der Waals surface area contributed by atoms with E-state index in [9.17, 15) is 30.0 Å². The van der Waals surface area contributed by atoms with E-state index < -0.39 is 55.4 Å². The highest BCUT2D eigenvalue weighted by Gasteiger charge is 2.44. The topological polar surface area (TPSA) is 152 Å². The maximum Gasteiger partial charge on any atom is 0.306 e. The first-order chi connectivity index (χ1) is 27.8. The molecule has 4 N–H and O–H groups in total. The van der Waals surface area contributed by atoms with Gasteiger partial charge in [0.25, 0.3) is 0 Å². The van der Waals surface area contributed by atoms with Gasteiger partial charge in [0, 0.05) is 12.8 Å². The van der Waals surface area contributed by atoms with Gasteiger partial charge in [0.15, 0.2) is 12.4 Å². The molecule has 2 unspecified atom stereocenters. The SMILES string of the molecule is CCCCC/C=C/C/C=C/C/C=C/C/C=C/C/C=C/CCC(=O)OC[C@@H](CO[C@H]1O[C@@H](CO)[C@@H](O)C(O)C1O)OC(=O)CCCCC/C=C/CCCCCCCC. The van der Waals surface area contributed by atoms with Gasteiger partial charge in [-0.05, 0) is 77.0 Å². The second-order valence-electron chi connectivity index (χ2n) is 14.8. The third-order valence-electron chi connectivity index (χ3n) is 9.58. The quantitative estimate of drug-likeness (QED) is 0.0277. The number of unbranched alkanes of at least 4 members (excludes halogenated alkanes) is 12. The highest BCUT2D eigenvalue weighted by Crippen LogP contribution is 2.22. The normalized spacial score (nSPS) is 21.0. The van der Waals surface area contributed by atoms with Crippen LogP contribution < -0.4 is 0 Å². The van der Waals surface area contributed by atoms with Gasteiger partial charge in [0.2, 0.25) is 0 Å². The third-order valence-corrected chi connectivity index (χ3v) is 9.58. The zero-order valence-corrected chi connectivity index (χ0v) is 35.3. The lowest BCUT2D eigenvalue weighted by Crippen LogP contribution is -2.59. The lowest BCUT2D eigenvalue weighted by molar-refractivity contribution is -0.305. The summed E-state index contributed by atoms with van der Waals surface area (Å²) in [5.41, 5.74) is 0. The number of carbonyl (C=O) groups is 2. The van der Waals surface area contributed by atoms with Crippen LogP contribution in [-0.2, 0) is 28.5 Å². The highest BCUT2D eigenvalue weighted by atomic mass is 16.7. The number of hydrogen-bond acceptors (Lipinski definition) is 10. The van der Waals surface area contributed by atoms with Crippen molar-refractivity contribution in [1.29, 1.82) is 0 Å². The van der Waals surface area contributed by atoms with Gasteiger partial charge >= 0.3 is 11.9 Å². The molecule has 10 nitrogen and oxygen atoms in total. The van der Waals surface area contributed by atoms with E-state index in [-0.39, 0.29) is 26.1 Å². The van der Waals surface area contributed by atoms with Crippen LogP contribution in [-0.4, -0.2) is 89.0 Å². The summed E-state index contributed by atoms with van der Waals surface area (Å²) in [4.78, 5) is 25.2. The molecule has 0 aromatic heterocycles. The molecule has 1 heterocycles. The maximum atomic E-state index is 12.7. The summed E-state index contributed by atoms with van der Waals surface area (Å²) in [6.07, 6.45) is 39.2. The van der Waals surface area contributed by atoms with E-state index in [1.54, 1.807) is 0 Å². The fraction of sp³-hybridized carbons (Fsp3) is 0.702. The van der Waals surface area contributed by atoms with Crippen LogP contribution in [0.25, 0.3) is 0 Å². The van der Waals surface area contributed by atoms with Crippen LogP contribution in [0.1, 0.15) is 155 Å². The largest absolute Gasteiger partial charge is 0.462 e. The Morgan fingerprint density at radius 2 is 1.02 bits per heavy atom. The van der Waals surface area contributed by atoms with E-state index in [0.29, 0.717) is 12.8 Å². The maximum absolute atomic E-state index is 12.7. The monoisotopic (exact) mass is 803 g/mol. The van der Waals surface area contributed by atoms with Crippen molar-refractivity contribution in [3.05, 3.63) is 72.9 Å². The molecule has 0 radical (unpaired) electrons. The molecule has 0 aromatic carbocycles. The second kappa shape index (κ2) is 37.4. The van der Waals surface area contributed by atoms with E-state index in [4.69, 9.17) is 18.9 Å². The summed E-state index contributed by atoms with van der Waals surface area (Å²) in [5.74, 6) is -0.928. The number of rotatable bonds is 35. The predicted octanol–water partition coefficient (Wildman–Crippen LogP) is 9.22. The molecule has 0 aliphatic carbocycles. The first-order valence-corrected chi connectivity index (χ1v) is 22.0. The minimum atomic E-state index is -1.61. The molecule has 1 rings (SSSR count). The van der Waals surface area contributed by atoms with Crippen molar-refractivity contribution in [3.63, 3.8) is 0 Å². The Morgan fingerprint density at radius 3 is 1.60 bits per heavy atom. The Hall–Kier alpha value is -2.86. The average molecular weight is 803 g/mol. The van der Waals surface area contributed by atoms with Crippen molar-refractivity contribution in [1.82, 2.24) is 0 Å². The van der Waals surface area contributed by atoms with Gasteiger partial charge in [0.05, 0.1) is 13.2 Å². The molecule has 0 saturated carbocycles. The molecule has 0 bridgehead atoms. The summed E-state index contributed by atoms with van der Waals surface area (Å²) < 4.78 is 22.0. The van der Waals surface area contributed by atoms with Crippen molar-refractivity contribution >= 4 is 11.9 Å². The van der Waals surface area contributed by atoms with Crippen LogP contribution in [0.4, 0.5) is 0 Å². The molecule has 57 heavy (non-hydrogen) atoms. The molecule has 6 atom stereocenters. The number of hydrogen-bond donors (Lipinski definition) is 4. The summed E-state index contributed by atoms with van der Waals surface area (Å²) in [6, 6.07) is 0. The van der Waals surface area contributed by atoms with Crippen molar-refractivity contribution < 1.29 is 49.0 Å². The minimum Gasteiger partial charge on any atom is -0.462 e. The van der Waals surface area contributed by atoms with E-state index in [0.717, 1.165) is 51.4 Å². The van der Waals surface area contributed by atoms with Crippen LogP contribution in [0, 0.1) is 0 Å². The van der Waals surface area contributed by atoms with Crippen molar-refractivity contribution in [3.8, 4) is 0 Å². The Bertz CT molecular complexity index is 1160. The molecule has 326 valence electrons. The fourth-order valence-corrected chi connectivity index (χ4v) is 6.05. The molecular weight excluding hydrogens is 725 g/mol. The zero-order chi connectivity index (χ0) is 41.6. The first-order valence-electron chi connectivity index (χ1n) is 22.0. The van der Waals surface area contributed by atoms with E-state index in [1.807, 2.05) is 12.2 Å². The molecule has 0 spiro atoms. The highest BCUT2D eigenvalue weighted by molar-refractivity contribution is 5.70. The van der Waals surface area contributed by atoms with Crippen molar-refractivity contribution in [2.45, 2.75) is 192 Å². The van der Waals surface area contributed by atoms with Crippen molar-refractivity contribution in [2.75, 3.05) is 19.8 Å². The summed E-state index contributed by atoms with van der Waals surface area (Å²) in [6.45, 7) is 3.28. The Morgan fingerprint density at radius 1 is 0.544 bits per heavy atom. The first kappa shape index (κ1) is 52.2. The Balaban J connectivity index is 2.41. The lowest BCUT2D eigenvalue weighted by Gasteiger charge is -2.39. The number of aliphatic hydroxyl groups is 4. The summed E-state index contributed by atoms with van der Waals surface area (Å²) in [7, 11) is 0. The standard InChI is InChI=1S/C47H78O10/c1-3-5-7-9-11-13-15-17-18-19-20-21-22-24-25-27-29-31-33-35-42(49)54-38-40(39-55-47-46(53)45(52)44(51)41(37-48)57-47)56-43(50)36-34-32-30-28-26-23-16-14-12-10-8-6-4-2/h11,13,17-18,20-21,23-26,29,31,40-41,44-48,51-53H,3-10,12,14-16,19,22,27-28,30,32-39H2,1-2H3/b13-11+,18-17+,21-20+,25-24+,26-23+,31-29+/t40-,41-,44+,45?,46?,47-/m0/s1. The molecular formula is C47H78O10. The average Bonchev–Trinajstić information content (AvgIpc) is 3.21. The van der Waals surface area contributed by atoms with Gasteiger partial charge in [0.1, 0.15) is 31.0 Å². The summed E-state index contributed by atoms with van der Waals surface area (Å²) in [5, 5.41) is 40.0. The second-order valence-corrected chi connectivity index (χ2v) is 14.8. The van der Waals surface area contributed by atoms with Gasteiger partial charge < -0.3 is 39.4 Å². The number of allylic oxidation sites excluding steroid dienone is 12. The zero-order valence-electron chi connectivity index (χ0n) is 35.3. The predicted molar refractivity (Wildman–Crippen MR) is 228 cm³/mol. The van der Waals surface area contributed by atoms with Crippen LogP contribution in [0.15, 0.2) is 72.9 Å². The van der Waals surface area contributed by atoms with Crippen LogP contribution in [0.5, 0.6) is 0 Å². The molecule has 0 aromatic rings. The lowest BCUT2D eigenvalue weighted by atomic mass is 9.99. The van der Waals surface area contributed by atoms with Crippen LogP contribution >= 0.6 is 0 Å². The van der Waals surface area contributed by atoms with Gasteiger partial charge in [-0.3, -0.25) is 9.59 Å². The minimum absolute atomic E-state index is 0.146. The smallest absolute Gasteiger partial charge is 0.306 e. The molecule has 0 amide bonds.